The van der Waals surface area contributed by atoms with Crippen LogP contribution in [0.1, 0.15) is 0 Å². The van der Waals surface area contributed by atoms with E-state index in [9.17, 15) is 0 Å². The standard InChI is InChI=1S/C2H2Cl2OS/c3-1(5)2(4)6/h1,5H. The summed E-state index contributed by atoms with van der Waals surface area (Å²) in [5, 5.41) is 8.12. The maximum absolute atomic E-state index is 8.12. The number of hydrogen-bond acceptors (Lipinski definition) is 2. The molecular weight excluding hydrogens is 143 g/mol. The fourth-order valence-electron chi connectivity index (χ4n) is 0. The van der Waals surface area contributed by atoms with E-state index in [2.05, 4.69) is 12.2 Å². The molecule has 0 fully saturated rings. The number of aliphatic hydroxyl groups excluding tert-OH is 1. The van der Waals surface area contributed by atoms with Gasteiger partial charge in [-0.25, -0.2) is 0 Å². The minimum Gasteiger partial charge on any atom is -0.372 e. The monoisotopic (exact) mass is 144 g/mol. The molecule has 0 aromatic rings. The third kappa shape index (κ3) is 2.85. The first kappa shape index (κ1) is 6.63. The highest BCUT2D eigenvalue weighted by Crippen LogP contribution is 1.96. The van der Waals surface area contributed by atoms with Crippen LogP contribution in [-0.2, 0) is 0 Å². The van der Waals surface area contributed by atoms with Gasteiger partial charge >= 0.3 is 0 Å². The van der Waals surface area contributed by atoms with E-state index in [0.717, 1.165) is 0 Å². The lowest BCUT2D eigenvalue weighted by atomic mass is 10.9. The van der Waals surface area contributed by atoms with Crippen molar-refractivity contribution in [2.24, 2.45) is 0 Å². The molecular formula is C2H2Cl2OS. The van der Waals surface area contributed by atoms with Gasteiger partial charge in [-0.05, 0) is 0 Å². The molecule has 0 saturated carbocycles. The first-order chi connectivity index (χ1) is 2.64. The molecule has 1 nitrogen and oxygen atoms in total. The molecule has 0 aliphatic carbocycles. The van der Waals surface area contributed by atoms with Gasteiger partial charge in [-0.3, -0.25) is 0 Å². The highest BCUT2D eigenvalue weighted by Gasteiger charge is 1.98. The van der Waals surface area contributed by atoms with Crippen molar-refractivity contribution in [3.8, 4) is 0 Å². The van der Waals surface area contributed by atoms with Crippen LogP contribution < -0.4 is 0 Å². The zero-order chi connectivity index (χ0) is 5.15. The molecule has 1 N–H and O–H groups in total. The van der Waals surface area contributed by atoms with Crippen LogP contribution in [0.5, 0.6) is 0 Å². The quantitative estimate of drug-likeness (QED) is 0.338. The average molecular weight is 145 g/mol. The molecule has 36 valence electrons. The molecule has 6 heavy (non-hydrogen) atoms. The van der Waals surface area contributed by atoms with Crippen molar-refractivity contribution < 1.29 is 5.11 Å². The van der Waals surface area contributed by atoms with Gasteiger partial charge in [0.2, 0.25) is 0 Å². The summed E-state index contributed by atoms with van der Waals surface area (Å²) in [6.45, 7) is 0. The van der Waals surface area contributed by atoms with E-state index in [1.807, 2.05) is 0 Å². The Morgan fingerprint density at radius 1 is 1.83 bits per heavy atom. The second kappa shape index (κ2) is 2.75. The van der Waals surface area contributed by atoms with Gasteiger partial charge in [-0.15, -0.1) is 0 Å². The molecule has 0 rings (SSSR count). The number of rotatable bonds is 1. The first-order valence-corrected chi connectivity index (χ1v) is 2.38. The van der Waals surface area contributed by atoms with E-state index in [1.54, 1.807) is 0 Å². The van der Waals surface area contributed by atoms with E-state index in [0.29, 0.717) is 0 Å². The Labute approximate surface area is 50.9 Å². The Morgan fingerprint density at radius 2 is 2.00 bits per heavy atom. The summed E-state index contributed by atoms with van der Waals surface area (Å²) in [7, 11) is 0. The third-order valence-electron chi connectivity index (χ3n) is 0.187. The van der Waals surface area contributed by atoms with Gasteiger partial charge in [-0.2, -0.15) is 0 Å². The number of thiocarbonyl (C=S) groups is 1. The Kier molecular flexibility index (Phi) is 3.03. The molecule has 4 heteroatoms. The lowest BCUT2D eigenvalue weighted by Gasteiger charge is -1.89. The molecule has 0 heterocycles. The molecule has 0 spiro atoms. The summed E-state index contributed by atoms with van der Waals surface area (Å²) in [5.74, 6) is 0. The van der Waals surface area contributed by atoms with Crippen LogP contribution in [0.2, 0.25) is 0 Å². The van der Waals surface area contributed by atoms with Crippen LogP contribution in [0.4, 0.5) is 0 Å². The third-order valence-corrected chi connectivity index (χ3v) is 1.08. The summed E-state index contributed by atoms with van der Waals surface area (Å²) < 4.78 is -0.114. The van der Waals surface area contributed by atoms with Crippen molar-refractivity contribution in [1.82, 2.24) is 0 Å². The normalized spacial score (nSPS) is 13.8. The zero-order valence-electron chi connectivity index (χ0n) is 2.69. The fraction of sp³-hybridized carbons (Fsp3) is 0.500. The van der Waals surface area contributed by atoms with Gasteiger partial charge in [0.15, 0.2) is 5.56 Å². The van der Waals surface area contributed by atoms with Gasteiger partial charge in [0.25, 0.3) is 0 Å². The summed E-state index contributed by atoms with van der Waals surface area (Å²) in [5.41, 5.74) is -1.18. The predicted molar refractivity (Wildman–Crippen MR) is 30.3 cm³/mol. The van der Waals surface area contributed by atoms with E-state index in [-0.39, 0.29) is 4.32 Å². The average Bonchev–Trinajstić information content (AvgIpc) is 1.36. The topological polar surface area (TPSA) is 20.2 Å². The summed E-state index contributed by atoms with van der Waals surface area (Å²) in [6, 6.07) is 0. The molecule has 0 aliphatic rings. The van der Waals surface area contributed by atoms with Crippen LogP contribution >= 0.6 is 35.4 Å². The van der Waals surface area contributed by atoms with Crippen molar-refractivity contribution in [3.05, 3.63) is 0 Å². The minimum absolute atomic E-state index is 0.114. The number of aliphatic hydroxyl groups is 1. The molecule has 0 aliphatic heterocycles. The highest BCUT2D eigenvalue weighted by atomic mass is 35.5. The lowest BCUT2D eigenvalue weighted by Crippen LogP contribution is -2.01. The largest absolute Gasteiger partial charge is 0.372 e. The van der Waals surface area contributed by atoms with Crippen LogP contribution in [-0.4, -0.2) is 15.0 Å². The molecule has 0 radical (unpaired) electrons. The van der Waals surface area contributed by atoms with Gasteiger partial charge in [0, 0.05) is 0 Å². The Morgan fingerprint density at radius 3 is 2.00 bits per heavy atom. The maximum atomic E-state index is 8.12. The second-order valence-electron chi connectivity index (χ2n) is 0.640. The first-order valence-electron chi connectivity index (χ1n) is 1.16. The Hall–Kier alpha value is 0.630. The lowest BCUT2D eigenvalue weighted by molar-refractivity contribution is 0.324. The van der Waals surface area contributed by atoms with E-state index >= 15 is 0 Å². The van der Waals surface area contributed by atoms with Crippen molar-refractivity contribution in [1.29, 1.82) is 0 Å². The fourth-order valence-corrected chi connectivity index (χ4v) is 0. The number of alkyl halides is 1. The van der Waals surface area contributed by atoms with Crippen molar-refractivity contribution >= 4 is 39.7 Å². The molecule has 0 aromatic heterocycles. The number of hydrogen-bond donors (Lipinski definition) is 1. The minimum atomic E-state index is -1.18. The van der Waals surface area contributed by atoms with Gasteiger partial charge in [0.05, 0.1) is 0 Å². The molecule has 0 saturated heterocycles. The summed E-state index contributed by atoms with van der Waals surface area (Å²) in [4.78, 5) is 0. The second-order valence-corrected chi connectivity index (χ2v) is 2.12. The van der Waals surface area contributed by atoms with Crippen LogP contribution in [0.25, 0.3) is 0 Å². The van der Waals surface area contributed by atoms with Crippen LogP contribution in [0, 0.1) is 0 Å². The maximum Gasteiger partial charge on any atom is 0.174 e. The SMILES string of the molecule is OC(Cl)C(=S)Cl. The molecule has 0 aromatic carbocycles. The van der Waals surface area contributed by atoms with Crippen molar-refractivity contribution in [2.75, 3.05) is 0 Å². The predicted octanol–water partition coefficient (Wildman–Crippen LogP) is 1.11. The molecule has 1 unspecified atom stereocenters. The Balaban J connectivity index is 3.26. The summed E-state index contributed by atoms with van der Waals surface area (Å²) >= 11 is 14.1. The molecule has 1 atom stereocenters. The van der Waals surface area contributed by atoms with E-state index < -0.39 is 5.56 Å². The zero-order valence-corrected chi connectivity index (χ0v) is 5.02. The van der Waals surface area contributed by atoms with Gasteiger partial charge < -0.3 is 5.11 Å². The molecule has 0 bridgehead atoms. The van der Waals surface area contributed by atoms with E-state index in [1.165, 1.54) is 0 Å². The van der Waals surface area contributed by atoms with Gasteiger partial charge in [0.1, 0.15) is 4.32 Å². The van der Waals surface area contributed by atoms with Crippen molar-refractivity contribution in [3.63, 3.8) is 0 Å². The Bertz CT molecular complexity index is 62.6. The summed E-state index contributed by atoms with van der Waals surface area (Å²) in [6.07, 6.45) is 0. The van der Waals surface area contributed by atoms with Crippen LogP contribution in [0.3, 0.4) is 0 Å². The van der Waals surface area contributed by atoms with Crippen LogP contribution in [0.15, 0.2) is 0 Å². The highest BCUT2D eigenvalue weighted by molar-refractivity contribution is 7.83. The number of halogens is 2. The molecule has 0 amide bonds. The smallest absolute Gasteiger partial charge is 0.174 e. The van der Waals surface area contributed by atoms with Crippen molar-refractivity contribution in [2.45, 2.75) is 5.56 Å². The van der Waals surface area contributed by atoms with E-state index in [4.69, 9.17) is 28.3 Å². The van der Waals surface area contributed by atoms with Gasteiger partial charge in [-0.1, -0.05) is 35.4 Å².